The maximum Gasteiger partial charge on any atom is 0.490 e. The Morgan fingerprint density at radius 2 is 1.45 bits per heavy atom. The van der Waals surface area contributed by atoms with Gasteiger partial charge in [0.25, 0.3) is 0 Å². The van der Waals surface area contributed by atoms with Gasteiger partial charge in [-0.2, -0.15) is 26.3 Å². The summed E-state index contributed by atoms with van der Waals surface area (Å²) in [5.41, 5.74) is 0. The van der Waals surface area contributed by atoms with Crippen LogP contribution in [0.2, 0.25) is 0 Å². The number of aliphatic hydroxyl groups is 1. The van der Waals surface area contributed by atoms with Crippen LogP contribution in [0.5, 0.6) is 0 Å². The van der Waals surface area contributed by atoms with Crippen LogP contribution in [0, 0.1) is 0 Å². The molecular weight excluding hydrogens is 458 g/mol. The van der Waals surface area contributed by atoms with E-state index in [0.29, 0.717) is 18.7 Å². The molecule has 0 radical (unpaired) electrons. The molecule has 178 valence electrons. The van der Waals surface area contributed by atoms with E-state index < -0.39 is 24.3 Å². The predicted molar refractivity (Wildman–Crippen MR) is 97.6 cm³/mol. The summed E-state index contributed by atoms with van der Waals surface area (Å²) >= 11 is 1.86. The lowest BCUT2D eigenvalue weighted by atomic mass is 10.2. The van der Waals surface area contributed by atoms with Crippen molar-refractivity contribution in [2.45, 2.75) is 43.8 Å². The Labute approximate surface area is 177 Å². The fourth-order valence-electron chi connectivity index (χ4n) is 3.31. The van der Waals surface area contributed by atoms with Crippen molar-refractivity contribution in [1.82, 2.24) is 9.80 Å². The zero-order valence-electron chi connectivity index (χ0n) is 16.1. The molecule has 1 aromatic rings. The Kier molecular flexibility index (Phi) is 10.2. The molecule has 0 aromatic carbocycles. The van der Waals surface area contributed by atoms with Crippen molar-refractivity contribution in [3.63, 3.8) is 0 Å². The number of piperazine rings is 1. The standard InChI is InChI=1S/C13H20N2OS.2C2HF3O2/c16-6-5-15-11-3-4-12(15)9-14(8-11)10-13-2-1-7-17-13;2*3-2(4,5)1(6)7/h1-2,7,11-12,16H,3-6,8-10H2;2*(H,6,7). The first-order valence-corrected chi connectivity index (χ1v) is 9.85. The number of thiophene rings is 1. The molecule has 0 saturated carbocycles. The molecule has 0 spiro atoms. The third-order valence-corrected chi connectivity index (χ3v) is 5.37. The van der Waals surface area contributed by atoms with Gasteiger partial charge in [0.1, 0.15) is 0 Å². The average molecular weight is 480 g/mol. The Bertz CT molecular complexity index is 660. The number of hydrogen-bond acceptors (Lipinski definition) is 6. The minimum absolute atomic E-state index is 0.303. The number of rotatable bonds is 4. The minimum Gasteiger partial charge on any atom is -0.475 e. The van der Waals surface area contributed by atoms with Gasteiger partial charge in [-0.15, -0.1) is 11.3 Å². The summed E-state index contributed by atoms with van der Waals surface area (Å²) in [6.07, 6.45) is -7.54. The number of carboxylic acids is 2. The van der Waals surface area contributed by atoms with Crippen LogP contribution in [0.25, 0.3) is 0 Å². The lowest BCUT2D eigenvalue weighted by molar-refractivity contribution is -0.193. The van der Waals surface area contributed by atoms with E-state index >= 15 is 0 Å². The zero-order valence-corrected chi connectivity index (χ0v) is 16.9. The normalized spacial score (nSPS) is 21.5. The van der Waals surface area contributed by atoms with Gasteiger partial charge in [0.2, 0.25) is 0 Å². The Morgan fingerprint density at radius 1 is 1.00 bits per heavy atom. The summed E-state index contributed by atoms with van der Waals surface area (Å²) in [6, 6.07) is 5.73. The number of carboxylic acid groups (broad SMARTS) is 2. The summed E-state index contributed by atoms with van der Waals surface area (Å²) in [4.78, 5) is 24.4. The molecule has 2 fully saturated rings. The first kappa shape index (κ1) is 27.1. The maximum absolute atomic E-state index is 10.6. The van der Waals surface area contributed by atoms with Gasteiger partial charge >= 0.3 is 24.3 Å². The van der Waals surface area contributed by atoms with E-state index in [1.807, 2.05) is 11.3 Å². The third kappa shape index (κ3) is 9.41. The van der Waals surface area contributed by atoms with E-state index in [1.54, 1.807) is 0 Å². The van der Waals surface area contributed by atoms with Crippen molar-refractivity contribution in [2.24, 2.45) is 0 Å². The van der Waals surface area contributed by atoms with E-state index in [4.69, 9.17) is 24.9 Å². The zero-order chi connectivity index (χ0) is 23.8. The van der Waals surface area contributed by atoms with Crippen molar-refractivity contribution in [2.75, 3.05) is 26.2 Å². The summed E-state index contributed by atoms with van der Waals surface area (Å²) in [5.74, 6) is -5.51. The van der Waals surface area contributed by atoms with Gasteiger partial charge in [0.05, 0.1) is 6.61 Å². The van der Waals surface area contributed by atoms with Crippen LogP contribution in [-0.2, 0) is 16.1 Å². The third-order valence-electron chi connectivity index (χ3n) is 4.51. The molecule has 0 aliphatic carbocycles. The molecule has 1 aromatic heterocycles. The molecule has 3 rings (SSSR count). The van der Waals surface area contributed by atoms with Crippen LogP contribution >= 0.6 is 11.3 Å². The fraction of sp³-hybridized carbons (Fsp3) is 0.647. The molecule has 2 atom stereocenters. The number of hydrogen-bond donors (Lipinski definition) is 3. The highest BCUT2D eigenvalue weighted by molar-refractivity contribution is 7.09. The molecule has 2 aliphatic rings. The molecular formula is C17H22F6N2O5S. The van der Waals surface area contributed by atoms with Crippen LogP contribution in [0.3, 0.4) is 0 Å². The van der Waals surface area contributed by atoms with Crippen LogP contribution in [0.4, 0.5) is 26.3 Å². The highest BCUT2D eigenvalue weighted by atomic mass is 32.1. The number of carbonyl (C=O) groups is 2. The Morgan fingerprint density at radius 3 is 1.77 bits per heavy atom. The second-order valence-electron chi connectivity index (χ2n) is 6.73. The van der Waals surface area contributed by atoms with Crippen molar-refractivity contribution in [1.29, 1.82) is 0 Å². The van der Waals surface area contributed by atoms with Gasteiger partial charge in [0, 0.05) is 43.1 Å². The number of fused-ring (bicyclic) bond motifs is 2. The quantitative estimate of drug-likeness (QED) is 0.570. The van der Waals surface area contributed by atoms with Crippen LogP contribution < -0.4 is 0 Å². The fourth-order valence-corrected chi connectivity index (χ4v) is 4.06. The lowest BCUT2D eigenvalue weighted by Gasteiger charge is -2.40. The van der Waals surface area contributed by atoms with Crippen molar-refractivity contribution < 1.29 is 51.3 Å². The summed E-state index contributed by atoms with van der Waals surface area (Å²) in [7, 11) is 0. The monoisotopic (exact) mass is 480 g/mol. The second-order valence-corrected chi connectivity index (χ2v) is 7.76. The molecule has 3 heterocycles. The molecule has 2 saturated heterocycles. The predicted octanol–water partition coefficient (Wildman–Crippen LogP) is 2.66. The van der Waals surface area contributed by atoms with E-state index in [2.05, 4.69) is 27.3 Å². The van der Waals surface area contributed by atoms with Gasteiger partial charge in [-0.3, -0.25) is 9.80 Å². The minimum atomic E-state index is -5.08. The van der Waals surface area contributed by atoms with E-state index in [-0.39, 0.29) is 0 Å². The maximum atomic E-state index is 10.6. The molecule has 2 bridgehead atoms. The Balaban J connectivity index is 0.000000288. The molecule has 0 amide bonds. The SMILES string of the molecule is O=C(O)C(F)(F)F.O=C(O)C(F)(F)F.OCCN1C2CCC1CN(Cc1cccs1)C2. The number of halogens is 6. The molecule has 2 aliphatic heterocycles. The summed E-state index contributed by atoms with van der Waals surface area (Å²) in [6.45, 7) is 4.63. The van der Waals surface area contributed by atoms with Crippen LogP contribution in [0.15, 0.2) is 17.5 Å². The summed E-state index contributed by atoms with van der Waals surface area (Å²) in [5, 5.41) is 25.5. The first-order valence-electron chi connectivity index (χ1n) is 8.97. The van der Waals surface area contributed by atoms with Gasteiger partial charge in [-0.1, -0.05) is 6.07 Å². The lowest BCUT2D eigenvalue weighted by Crippen LogP contribution is -2.53. The largest absolute Gasteiger partial charge is 0.490 e. The number of nitrogens with zero attached hydrogens (tertiary/aromatic N) is 2. The van der Waals surface area contributed by atoms with Crippen molar-refractivity contribution in [3.8, 4) is 0 Å². The van der Waals surface area contributed by atoms with Gasteiger partial charge in [-0.05, 0) is 24.3 Å². The number of alkyl halides is 6. The van der Waals surface area contributed by atoms with Gasteiger partial charge in [0.15, 0.2) is 0 Å². The van der Waals surface area contributed by atoms with Crippen LogP contribution in [0.1, 0.15) is 17.7 Å². The second kappa shape index (κ2) is 11.6. The summed E-state index contributed by atoms with van der Waals surface area (Å²) < 4.78 is 63.5. The molecule has 31 heavy (non-hydrogen) atoms. The van der Waals surface area contributed by atoms with Crippen molar-refractivity contribution >= 4 is 23.3 Å². The first-order chi connectivity index (χ1) is 14.3. The number of aliphatic hydroxyl groups excluding tert-OH is 1. The molecule has 7 nitrogen and oxygen atoms in total. The van der Waals surface area contributed by atoms with Gasteiger partial charge < -0.3 is 15.3 Å². The molecule has 14 heteroatoms. The highest BCUT2D eigenvalue weighted by Gasteiger charge is 2.40. The van der Waals surface area contributed by atoms with E-state index in [0.717, 1.165) is 13.1 Å². The Hall–Kier alpha value is -1.90. The number of aliphatic carboxylic acids is 2. The van der Waals surface area contributed by atoms with Crippen molar-refractivity contribution in [3.05, 3.63) is 22.4 Å². The smallest absolute Gasteiger partial charge is 0.475 e. The molecule has 3 N–H and O–H groups in total. The average Bonchev–Trinajstić information content (AvgIpc) is 3.21. The highest BCUT2D eigenvalue weighted by Crippen LogP contribution is 2.30. The molecule has 2 unspecified atom stereocenters. The van der Waals surface area contributed by atoms with Crippen LogP contribution in [-0.4, -0.2) is 87.7 Å². The van der Waals surface area contributed by atoms with E-state index in [9.17, 15) is 26.3 Å². The van der Waals surface area contributed by atoms with E-state index in [1.165, 1.54) is 30.8 Å². The van der Waals surface area contributed by atoms with Gasteiger partial charge in [-0.25, -0.2) is 9.59 Å². The number of likely N-dealkylation sites (tertiary alicyclic amines) is 1. The topological polar surface area (TPSA) is 101 Å².